The molecule has 2 unspecified atom stereocenters. The fraction of sp³-hybridized carbons (Fsp3) is 0.500. The molecule has 2 rings (SSSR count). The molecule has 1 saturated heterocycles. The van der Waals surface area contributed by atoms with E-state index in [0.29, 0.717) is 13.1 Å². The SMILES string of the molecule is CNc1ccc(C(=O)N2CC(C)OC(C)C2)cc1. The summed E-state index contributed by atoms with van der Waals surface area (Å²) < 4.78 is 5.64. The van der Waals surface area contributed by atoms with Crippen LogP contribution in [-0.2, 0) is 4.74 Å². The number of carbonyl (C=O) groups is 1. The number of nitrogens with one attached hydrogen (secondary N) is 1. The maximum absolute atomic E-state index is 12.3. The Balaban J connectivity index is 2.09. The Labute approximate surface area is 108 Å². The predicted molar refractivity (Wildman–Crippen MR) is 71.9 cm³/mol. The largest absolute Gasteiger partial charge is 0.388 e. The molecule has 1 N–H and O–H groups in total. The van der Waals surface area contributed by atoms with Gasteiger partial charge in [-0.15, -0.1) is 0 Å². The van der Waals surface area contributed by atoms with Gasteiger partial charge in [0.2, 0.25) is 0 Å². The fourth-order valence-corrected chi connectivity index (χ4v) is 2.31. The van der Waals surface area contributed by atoms with E-state index >= 15 is 0 Å². The molecule has 0 bridgehead atoms. The summed E-state index contributed by atoms with van der Waals surface area (Å²) in [5, 5.41) is 3.04. The number of benzene rings is 1. The summed E-state index contributed by atoms with van der Waals surface area (Å²) in [6.07, 6.45) is 0.212. The molecule has 0 radical (unpaired) electrons. The predicted octanol–water partition coefficient (Wildman–Crippen LogP) is 1.98. The summed E-state index contributed by atoms with van der Waals surface area (Å²) in [4.78, 5) is 14.2. The first-order chi connectivity index (χ1) is 8.60. The van der Waals surface area contributed by atoms with Gasteiger partial charge in [0.25, 0.3) is 5.91 Å². The average molecular weight is 248 g/mol. The van der Waals surface area contributed by atoms with Gasteiger partial charge < -0.3 is 15.0 Å². The molecular formula is C14H20N2O2. The zero-order valence-corrected chi connectivity index (χ0v) is 11.1. The van der Waals surface area contributed by atoms with Crippen LogP contribution in [0.5, 0.6) is 0 Å². The van der Waals surface area contributed by atoms with Crippen LogP contribution in [0.3, 0.4) is 0 Å². The van der Waals surface area contributed by atoms with E-state index in [1.165, 1.54) is 0 Å². The molecule has 0 aromatic heterocycles. The number of ether oxygens (including phenoxy) is 1. The van der Waals surface area contributed by atoms with Gasteiger partial charge in [0.1, 0.15) is 0 Å². The minimum atomic E-state index is 0.0830. The van der Waals surface area contributed by atoms with Crippen molar-refractivity contribution >= 4 is 11.6 Å². The van der Waals surface area contributed by atoms with Gasteiger partial charge in [0.15, 0.2) is 0 Å². The summed E-state index contributed by atoms with van der Waals surface area (Å²) >= 11 is 0. The summed E-state index contributed by atoms with van der Waals surface area (Å²) in [5.74, 6) is 0.0830. The van der Waals surface area contributed by atoms with Crippen LogP contribution in [0, 0.1) is 0 Å². The van der Waals surface area contributed by atoms with Crippen LogP contribution < -0.4 is 5.32 Å². The molecule has 0 spiro atoms. The minimum Gasteiger partial charge on any atom is -0.388 e. The zero-order chi connectivity index (χ0) is 13.1. The first kappa shape index (κ1) is 12.9. The van der Waals surface area contributed by atoms with Crippen LogP contribution in [0.4, 0.5) is 5.69 Å². The van der Waals surface area contributed by atoms with Crippen molar-refractivity contribution in [3.8, 4) is 0 Å². The monoisotopic (exact) mass is 248 g/mol. The fourth-order valence-electron chi connectivity index (χ4n) is 2.31. The molecule has 1 aromatic carbocycles. The van der Waals surface area contributed by atoms with E-state index in [4.69, 9.17) is 4.74 Å². The highest BCUT2D eigenvalue weighted by Crippen LogP contribution is 2.15. The van der Waals surface area contributed by atoms with Crippen molar-refractivity contribution in [3.05, 3.63) is 29.8 Å². The highest BCUT2D eigenvalue weighted by atomic mass is 16.5. The van der Waals surface area contributed by atoms with Crippen LogP contribution in [0.25, 0.3) is 0 Å². The second-order valence-corrected chi connectivity index (χ2v) is 4.79. The summed E-state index contributed by atoms with van der Waals surface area (Å²) in [5.41, 5.74) is 1.74. The lowest BCUT2D eigenvalue weighted by molar-refractivity contribution is -0.0586. The third kappa shape index (κ3) is 2.82. The quantitative estimate of drug-likeness (QED) is 0.870. The highest BCUT2D eigenvalue weighted by molar-refractivity contribution is 5.94. The molecule has 0 saturated carbocycles. The second-order valence-electron chi connectivity index (χ2n) is 4.79. The van der Waals surface area contributed by atoms with Gasteiger partial charge in [-0.3, -0.25) is 4.79 Å². The number of hydrogen-bond acceptors (Lipinski definition) is 3. The normalized spacial score (nSPS) is 23.8. The van der Waals surface area contributed by atoms with E-state index < -0.39 is 0 Å². The second kappa shape index (κ2) is 5.40. The smallest absolute Gasteiger partial charge is 0.254 e. The van der Waals surface area contributed by atoms with Crippen molar-refractivity contribution in [1.82, 2.24) is 4.90 Å². The first-order valence-corrected chi connectivity index (χ1v) is 6.32. The third-order valence-electron chi connectivity index (χ3n) is 3.13. The number of nitrogens with zero attached hydrogens (tertiary/aromatic N) is 1. The van der Waals surface area contributed by atoms with E-state index in [-0.39, 0.29) is 18.1 Å². The van der Waals surface area contributed by atoms with E-state index in [1.807, 2.05) is 50.1 Å². The number of morpholine rings is 1. The molecule has 1 fully saturated rings. The van der Waals surface area contributed by atoms with E-state index in [0.717, 1.165) is 11.3 Å². The average Bonchev–Trinajstić information content (AvgIpc) is 2.37. The van der Waals surface area contributed by atoms with Crippen LogP contribution >= 0.6 is 0 Å². The van der Waals surface area contributed by atoms with Gasteiger partial charge in [-0.25, -0.2) is 0 Å². The lowest BCUT2D eigenvalue weighted by Crippen LogP contribution is -2.48. The number of anilines is 1. The number of hydrogen-bond donors (Lipinski definition) is 1. The summed E-state index contributed by atoms with van der Waals surface area (Å²) in [7, 11) is 1.86. The minimum absolute atomic E-state index is 0.0830. The Bertz CT molecular complexity index is 406. The van der Waals surface area contributed by atoms with Crippen molar-refractivity contribution in [2.24, 2.45) is 0 Å². The molecule has 18 heavy (non-hydrogen) atoms. The molecule has 98 valence electrons. The molecule has 1 aliphatic heterocycles. The van der Waals surface area contributed by atoms with Crippen LogP contribution in [0.2, 0.25) is 0 Å². The van der Waals surface area contributed by atoms with Gasteiger partial charge in [0, 0.05) is 31.4 Å². The molecule has 4 heteroatoms. The molecule has 1 heterocycles. The maximum Gasteiger partial charge on any atom is 0.254 e. The van der Waals surface area contributed by atoms with Gasteiger partial charge in [-0.2, -0.15) is 0 Å². The molecule has 1 aromatic rings. The molecule has 4 nitrogen and oxygen atoms in total. The molecule has 1 aliphatic rings. The van der Waals surface area contributed by atoms with E-state index in [2.05, 4.69) is 5.32 Å². The lowest BCUT2D eigenvalue weighted by atomic mass is 10.1. The molecular weight excluding hydrogens is 228 g/mol. The van der Waals surface area contributed by atoms with Gasteiger partial charge in [-0.05, 0) is 38.1 Å². The van der Waals surface area contributed by atoms with Crippen molar-refractivity contribution in [2.45, 2.75) is 26.1 Å². The Hall–Kier alpha value is -1.55. The Morgan fingerprint density at radius 2 is 1.78 bits per heavy atom. The Morgan fingerprint density at radius 1 is 1.22 bits per heavy atom. The van der Waals surface area contributed by atoms with Gasteiger partial charge in [-0.1, -0.05) is 0 Å². The lowest BCUT2D eigenvalue weighted by Gasteiger charge is -2.35. The standard InChI is InChI=1S/C14H20N2O2/c1-10-8-16(9-11(2)18-10)14(17)12-4-6-13(15-3)7-5-12/h4-7,10-11,15H,8-9H2,1-3H3. The number of carbonyl (C=O) groups excluding carboxylic acids is 1. The van der Waals surface area contributed by atoms with Crippen molar-refractivity contribution < 1.29 is 9.53 Å². The van der Waals surface area contributed by atoms with Crippen LogP contribution in [0.15, 0.2) is 24.3 Å². The Kier molecular flexibility index (Phi) is 3.87. The van der Waals surface area contributed by atoms with Crippen molar-refractivity contribution in [1.29, 1.82) is 0 Å². The van der Waals surface area contributed by atoms with E-state index in [1.54, 1.807) is 0 Å². The summed E-state index contributed by atoms with van der Waals surface area (Å²) in [6.45, 7) is 5.33. The van der Waals surface area contributed by atoms with Crippen LogP contribution in [0.1, 0.15) is 24.2 Å². The highest BCUT2D eigenvalue weighted by Gasteiger charge is 2.26. The number of amides is 1. The van der Waals surface area contributed by atoms with Gasteiger partial charge in [0.05, 0.1) is 12.2 Å². The molecule has 0 aliphatic carbocycles. The third-order valence-corrected chi connectivity index (χ3v) is 3.13. The Morgan fingerprint density at radius 3 is 2.28 bits per heavy atom. The van der Waals surface area contributed by atoms with E-state index in [9.17, 15) is 4.79 Å². The summed E-state index contributed by atoms with van der Waals surface area (Å²) in [6, 6.07) is 7.55. The van der Waals surface area contributed by atoms with Crippen LogP contribution in [-0.4, -0.2) is 43.2 Å². The molecule has 1 amide bonds. The zero-order valence-electron chi connectivity index (χ0n) is 11.1. The number of rotatable bonds is 2. The van der Waals surface area contributed by atoms with Crippen molar-refractivity contribution in [2.75, 3.05) is 25.5 Å². The topological polar surface area (TPSA) is 41.6 Å². The first-order valence-electron chi connectivity index (χ1n) is 6.32. The van der Waals surface area contributed by atoms with Crippen molar-refractivity contribution in [3.63, 3.8) is 0 Å². The van der Waals surface area contributed by atoms with Gasteiger partial charge >= 0.3 is 0 Å². The molecule has 2 atom stereocenters. The maximum atomic E-state index is 12.3.